The molecule has 0 saturated carbocycles. The molecule has 0 aromatic rings. The summed E-state index contributed by atoms with van der Waals surface area (Å²) >= 11 is 8.93. The average Bonchev–Trinajstić information content (AvgIpc) is 2.60. The van der Waals surface area contributed by atoms with Gasteiger partial charge in [0, 0.05) is 4.38 Å². The molecule has 168 valence electrons. The number of rotatable bonds is 15. The quantitative estimate of drug-likeness (QED) is 0.107. The van der Waals surface area contributed by atoms with Gasteiger partial charge in [-0.2, -0.15) is 0 Å². The van der Waals surface area contributed by atoms with Gasteiger partial charge in [-0.25, -0.2) is 0 Å². The van der Waals surface area contributed by atoms with Crippen LogP contribution >= 0.6 is 12.2 Å². The number of carbonyl (C=O) groups excluding carboxylic acids is 1. The lowest BCUT2D eigenvalue weighted by Gasteiger charge is -2.29. The molecule has 0 N–H and O–H groups in total. The van der Waals surface area contributed by atoms with Gasteiger partial charge < -0.3 is 38.8 Å². The third-order valence-electron chi connectivity index (χ3n) is 4.60. The molecule has 4 nitrogen and oxygen atoms in total. The Morgan fingerprint density at radius 3 is 1.75 bits per heavy atom. The Labute approximate surface area is 185 Å². The standard InChI is InChI=1S/C18H38NO2.C4H8OS2/c1-5-6-7-8-9-10-11-12-13-14-16-19(2,3)17-15-18(20)21-4;1-3(2)5-4(6)7/h5-17H2,1-4H3;3H,1-2H3,(H,6,7)/q+1;/p-1. The van der Waals surface area contributed by atoms with E-state index in [1.807, 2.05) is 13.8 Å². The molecule has 0 aromatic heterocycles. The van der Waals surface area contributed by atoms with Crippen LogP contribution in [0.3, 0.4) is 0 Å². The van der Waals surface area contributed by atoms with E-state index < -0.39 is 0 Å². The van der Waals surface area contributed by atoms with Crippen molar-refractivity contribution in [1.82, 2.24) is 0 Å². The zero-order valence-corrected chi connectivity index (χ0v) is 20.9. The fourth-order valence-corrected chi connectivity index (χ4v) is 3.21. The third-order valence-corrected chi connectivity index (χ3v) is 4.79. The number of hydrogen-bond donors (Lipinski definition) is 0. The highest BCUT2D eigenvalue weighted by atomic mass is 32.1. The molecule has 0 spiro atoms. The van der Waals surface area contributed by atoms with Crippen molar-refractivity contribution >= 4 is 35.2 Å². The molecule has 0 atom stereocenters. The van der Waals surface area contributed by atoms with Gasteiger partial charge in [0.1, 0.15) is 0 Å². The van der Waals surface area contributed by atoms with E-state index in [1.54, 1.807) is 0 Å². The summed E-state index contributed by atoms with van der Waals surface area (Å²) in [7, 11) is 5.87. The summed E-state index contributed by atoms with van der Waals surface area (Å²) in [6, 6.07) is 0. The van der Waals surface area contributed by atoms with Crippen molar-refractivity contribution in [2.75, 3.05) is 34.3 Å². The van der Waals surface area contributed by atoms with Crippen molar-refractivity contribution in [2.45, 2.75) is 97.5 Å². The number of carbonyl (C=O) groups is 1. The molecule has 0 bridgehead atoms. The second-order valence-corrected chi connectivity index (χ2v) is 9.31. The van der Waals surface area contributed by atoms with E-state index in [2.05, 4.69) is 45.9 Å². The van der Waals surface area contributed by atoms with Crippen LogP contribution in [0.1, 0.15) is 91.4 Å². The minimum Gasteiger partial charge on any atom is -0.511 e. The first-order valence-corrected chi connectivity index (χ1v) is 11.7. The first-order chi connectivity index (χ1) is 13.1. The Kier molecular flexibility index (Phi) is 21.1. The summed E-state index contributed by atoms with van der Waals surface area (Å²) in [6.07, 6.45) is 14.4. The van der Waals surface area contributed by atoms with Gasteiger partial charge in [-0.15, -0.1) is 0 Å². The van der Waals surface area contributed by atoms with Gasteiger partial charge in [0.2, 0.25) is 0 Å². The lowest BCUT2D eigenvalue weighted by atomic mass is 10.1. The maximum absolute atomic E-state index is 11.2. The lowest BCUT2D eigenvalue weighted by Crippen LogP contribution is -2.42. The Balaban J connectivity index is 0. The number of quaternary nitrogens is 1. The van der Waals surface area contributed by atoms with Crippen molar-refractivity contribution in [3.8, 4) is 0 Å². The van der Waals surface area contributed by atoms with E-state index in [0.717, 1.165) is 17.6 Å². The largest absolute Gasteiger partial charge is 0.511 e. The fraction of sp³-hybridized carbons (Fsp3) is 0.909. The molecule has 0 rings (SSSR count). The highest BCUT2D eigenvalue weighted by Gasteiger charge is 2.16. The van der Waals surface area contributed by atoms with E-state index in [9.17, 15) is 4.79 Å². The molecule has 0 radical (unpaired) electrons. The SMILES string of the molecule is CC(C)OC(=S)[S-].CCCCCCCCCCCC[N+](C)(C)CCC(=O)OC. The topological polar surface area (TPSA) is 35.5 Å². The van der Waals surface area contributed by atoms with Gasteiger partial charge in [-0.1, -0.05) is 58.3 Å². The van der Waals surface area contributed by atoms with E-state index in [-0.39, 0.29) is 16.5 Å². The second-order valence-electron chi connectivity index (χ2n) is 8.31. The van der Waals surface area contributed by atoms with Crippen LogP contribution < -0.4 is 0 Å². The number of hydrogen-bond acceptors (Lipinski definition) is 5. The molecular weight excluding hydrogens is 390 g/mol. The van der Waals surface area contributed by atoms with Crippen LogP contribution in [0.25, 0.3) is 0 Å². The van der Waals surface area contributed by atoms with E-state index in [0.29, 0.717) is 6.42 Å². The zero-order valence-electron chi connectivity index (χ0n) is 19.3. The highest BCUT2D eigenvalue weighted by molar-refractivity contribution is 7.99. The maximum atomic E-state index is 11.2. The van der Waals surface area contributed by atoms with Crippen molar-refractivity contribution in [3.05, 3.63) is 0 Å². The molecule has 0 aliphatic rings. The number of ether oxygens (including phenoxy) is 2. The predicted octanol–water partition coefficient (Wildman–Crippen LogP) is 5.79. The Bertz CT molecular complexity index is 388. The Hall–Kier alpha value is -0.460. The molecule has 0 heterocycles. The minimum atomic E-state index is -0.0933. The van der Waals surface area contributed by atoms with Crippen molar-refractivity contribution < 1.29 is 18.8 Å². The van der Waals surface area contributed by atoms with E-state index in [4.69, 9.17) is 9.47 Å². The lowest BCUT2D eigenvalue weighted by molar-refractivity contribution is -0.890. The molecular formula is C22H45NO3S2. The summed E-state index contributed by atoms with van der Waals surface area (Å²) in [5.41, 5.74) is 0. The summed E-state index contributed by atoms with van der Waals surface area (Å²) in [5, 5.41) is 0. The molecule has 0 fully saturated rings. The molecule has 0 aliphatic carbocycles. The van der Waals surface area contributed by atoms with Crippen LogP contribution in [0.2, 0.25) is 0 Å². The smallest absolute Gasteiger partial charge is 0.311 e. The number of nitrogens with zero attached hydrogens (tertiary/aromatic N) is 1. The van der Waals surface area contributed by atoms with Crippen molar-refractivity contribution in [1.29, 1.82) is 0 Å². The number of unbranched alkanes of at least 4 members (excludes halogenated alkanes) is 9. The van der Waals surface area contributed by atoms with Gasteiger partial charge in [-0.05, 0) is 26.7 Å². The van der Waals surface area contributed by atoms with Crippen LogP contribution in [-0.2, 0) is 26.9 Å². The molecule has 0 unspecified atom stereocenters. The number of esters is 1. The zero-order chi connectivity index (χ0) is 21.8. The van der Waals surface area contributed by atoms with Crippen LogP contribution in [-0.4, -0.2) is 55.2 Å². The van der Waals surface area contributed by atoms with Gasteiger partial charge in [-0.3, -0.25) is 4.79 Å². The molecule has 0 aromatic carbocycles. The Morgan fingerprint density at radius 1 is 0.929 bits per heavy atom. The van der Waals surface area contributed by atoms with Crippen LogP contribution in [0.15, 0.2) is 0 Å². The van der Waals surface area contributed by atoms with Crippen molar-refractivity contribution in [2.24, 2.45) is 0 Å². The molecule has 0 saturated heterocycles. The van der Waals surface area contributed by atoms with Crippen LogP contribution in [0.5, 0.6) is 0 Å². The van der Waals surface area contributed by atoms with Crippen LogP contribution in [0.4, 0.5) is 0 Å². The maximum Gasteiger partial charge on any atom is 0.311 e. The van der Waals surface area contributed by atoms with E-state index in [1.165, 1.54) is 71.3 Å². The number of thiocarbonyl (C=S) groups is 1. The Morgan fingerprint density at radius 2 is 1.39 bits per heavy atom. The fourth-order valence-electron chi connectivity index (χ4n) is 2.83. The van der Waals surface area contributed by atoms with Gasteiger partial charge >= 0.3 is 5.97 Å². The monoisotopic (exact) mass is 435 g/mol. The first-order valence-electron chi connectivity index (χ1n) is 10.9. The molecule has 6 heteroatoms. The van der Waals surface area contributed by atoms with Gasteiger partial charge in [0.15, 0.2) is 0 Å². The minimum absolute atomic E-state index is 0.0933. The number of methoxy groups -OCH3 is 1. The average molecular weight is 436 g/mol. The van der Waals surface area contributed by atoms with E-state index >= 15 is 0 Å². The summed E-state index contributed by atoms with van der Waals surface area (Å²) in [5.74, 6) is -0.0933. The van der Waals surface area contributed by atoms with Crippen molar-refractivity contribution in [3.63, 3.8) is 0 Å². The summed E-state index contributed by atoms with van der Waals surface area (Å²) in [6.45, 7) is 8.08. The molecule has 0 amide bonds. The van der Waals surface area contributed by atoms with Gasteiger partial charge in [0.25, 0.3) is 0 Å². The normalized spacial score (nSPS) is 11.0. The predicted molar refractivity (Wildman–Crippen MR) is 127 cm³/mol. The third kappa shape index (κ3) is 25.5. The van der Waals surface area contributed by atoms with Crippen LogP contribution in [0, 0.1) is 0 Å². The first kappa shape index (κ1) is 29.7. The highest BCUT2D eigenvalue weighted by Crippen LogP contribution is 2.12. The summed E-state index contributed by atoms with van der Waals surface area (Å²) in [4.78, 5) is 11.2. The molecule has 28 heavy (non-hydrogen) atoms. The second kappa shape index (κ2) is 19.8. The molecule has 0 aliphatic heterocycles. The van der Waals surface area contributed by atoms with Gasteiger partial charge in [0.05, 0.1) is 46.8 Å². The summed E-state index contributed by atoms with van der Waals surface area (Å²) < 4.78 is 10.6.